The van der Waals surface area contributed by atoms with Gasteiger partial charge in [-0.1, -0.05) is 35.5 Å². The van der Waals surface area contributed by atoms with Crippen LogP contribution in [0.2, 0.25) is 0 Å². The van der Waals surface area contributed by atoms with Gasteiger partial charge in [0.2, 0.25) is 0 Å². The zero-order chi connectivity index (χ0) is 24.3. The summed E-state index contributed by atoms with van der Waals surface area (Å²) in [5.74, 6) is -0.774. The van der Waals surface area contributed by atoms with Crippen LogP contribution in [0.1, 0.15) is 28.7 Å². The van der Waals surface area contributed by atoms with E-state index in [4.69, 9.17) is 19.6 Å². The normalized spacial score (nSPS) is 10.6. The van der Waals surface area contributed by atoms with Gasteiger partial charge in [-0.05, 0) is 54.3 Å². The number of nitrogens with zero attached hydrogens (tertiary/aromatic N) is 2. The number of benzene rings is 3. The average Bonchev–Trinajstić information content (AvgIpc) is 2.85. The first-order valence-electron chi connectivity index (χ1n) is 10.4. The number of rotatable bonds is 11. The maximum atomic E-state index is 14.1. The molecule has 3 rings (SSSR count). The molecule has 3 aromatic carbocycles. The Hall–Kier alpha value is -3.38. The van der Waals surface area contributed by atoms with Crippen molar-refractivity contribution in [3.8, 4) is 17.6 Å². The Labute approximate surface area is 225 Å². The molecule has 0 saturated carbocycles. The molecule has 9 heteroatoms. The summed E-state index contributed by atoms with van der Waals surface area (Å²) in [6.45, 7) is 0.388. The van der Waals surface area contributed by atoms with E-state index >= 15 is 0 Å². The monoisotopic (exact) mass is 484 g/mol. The molecule has 0 N–H and O–H groups in total. The van der Waals surface area contributed by atoms with Crippen molar-refractivity contribution in [3.63, 3.8) is 0 Å². The Balaban J connectivity index is 0.00000432. The minimum atomic E-state index is -1.22. The molecule has 3 aromatic rings. The van der Waals surface area contributed by atoms with Crippen LogP contribution in [-0.2, 0) is 22.7 Å². The topological polar surface area (TPSA) is 104 Å². The molecule has 0 aliphatic rings. The molecule has 0 amide bonds. The van der Waals surface area contributed by atoms with Crippen molar-refractivity contribution in [3.05, 3.63) is 94.8 Å². The molecular formula is C26H22FN2NaO5. The van der Waals surface area contributed by atoms with Gasteiger partial charge in [0.1, 0.15) is 43.4 Å². The minimum Gasteiger partial charge on any atom is -0.550 e. The van der Waals surface area contributed by atoms with E-state index in [0.29, 0.717) is 28.3 Å². The second-order valence-corrected chi connectivity index (χ2v) is 7.26. The molecule has 0 bridgehead atoms. The van der Waals surface area contributed by atoms with Gasteiger partial charge in [0.05, 0.1) is 11.6 Å². The Morgan fingerprint density at radius 2 is 1.71 bits per heavy atom. The molecule has 0 aromatic heterocycles. The van der Waals surface area contributed by atoms with E-state index in [1.165, 1.54) is 19.2 Å². The van der Waals surface area contributed by atoms with E-state index in [-0.39, 0.29) is 55.6 Å². The first kappa shape index (κ1) is 27.9. The predicted molar refractivity (Wildman–Crippen MR) is 121 cm³/mol. The summed E-state index contributed by atoms with van der Waals surface area (Å²) in [5.41, 5.74) is 3.06. The summed E-state index contributed by atoms with van der Waals surface area (Å²) in [6, 6.07) is 20.6. The van der Waals surface area contributed by atoms with Crippen LogP contribution in [0.25, 0.3) is 0 Å². The molecule has 7 nitrogen and oxygen atoms in total. The molecule has 0 aliphatic carbocycles. The van der Waals surface area contributed by atoms with Gasteiger partial charge in [0.15, 0.2) is 0 Å². The summed E-state index contributed by atoms with van der Waals surface area (Å²) in [4.78, 5) is 15.4. The first-order chi connectivity index (χ1) is 16.5. The van der Waals surface area contributed by atoms with Crippen molar-refractivity contribution in [2.45, 2.75) is 19.4 Å². The number of aliphatic carboxylic acids is 1. The Kier molecular flexibility index (Phi) is 11.2. The van der Waals surface area contributed by atoms with Crippen LogP contribution in [0, 0.1) is 17.1 Å². The summed E-state index contributed by atoms with van der Waals surface area (Å²) in [6.07, 6.45) is -0.171. The summed E-state index contributed by atoms with van der Waals surface area (Å²) in [7, 11) is 1.45. The van der Waals surface area contributed by atoms with Crippen LogP contribution >= 0.6 is 0 Å². The van der Waals surface area contributed by atoms with E-state index in [9.17, 15) is 14.3 Å². The zero-order valence-corrected chi connectivity index (χ0v) is 21.5. The van der Waals surface area contributed by atoms with Crippen molar-refractivity contribution >= 4 is 11.7 Å². The number of aryl methyl sites for hydroxylation is 1. The van der Waals surface area contributed by atoms with Gasteiger partial charge in [-0.25, -0.2) is 4.39 Å². The fourth-order valence-electron chi connectivity index (χ4n) is 3.07. The van der Waals surface area contributed by atoms with E-state index in [0.717, 1.165) is 11.1 Å². The maximum Gasteiger partial charge on any atom is 1.00 e. The molecular weight excluding hydrogens is 462 g/mol. The van der Waals surface area contributed by atoms with E-state index in [1.54, 1.807) is 42.5 Å². The summed E-state index contributed by atoms with van der Waals surface area (Å²) < 4.78 is 25.5. The first-order valence-corrected chi connectivity index (χ1v) is 10.4. The van der Waals surface area contributed by atoms with Crippen molar-refractivity contribution in [2.75, 3.05) is 13.7 Å². The number of oxime groups is 1. The van der Waals surface area contributed by atoms with Crippen LogP contribution in [-0.4, -0.2) is 25.4 Å². The molecule has 35 heavy (non-hydrogen) atoms. The number of carboxylic acids is 1. The van der Waals surface area contributed by atoms with Crippen LogP contribution in [0.5, 0.6) is 11.5 Å². The van der Waals surface area contributed by atoms with Crippen LogP contribution < -0.4 is 44.1 Å². The van der Waals surface area contributed by atoms with Gasteiger partial charge in [-0.2, -0.15) is 5.26 Å². The number of nitriles is 1. The fourth-order valence-corrected chi connectivity index (χ4v) is 3.07. The Bertz CT molecular complexity index is 1190. The van der Waals surface area contributed by atoms with Crippen molar-refractivity contribution < 1.29 is 58.2 Å². The summed E-state index contributed by atoms with van der Waals surface area (Å²) >= 11 is 0. The van der Waals surface area contributed by atoms with Gasteiger partial charge in [0.25, 0.3) is 0 Å². The van der Waals surface area contributed by atoms with Crippen LogP contribution in [0.15, 0.2) is 71.9 Å². The van der Waals surface area contributed by atoms with E-state index < -0.39 is 11.8 Å². The molecule has 0 saturated heterocycles. The zero-order valence-electron chi connectivity index (χ0n) is 19.5. The molecule has 174 valence electrons. The average molecular weight is 484 g/mol. The quantitative estimate of drug-likeness (QED) is 0.222. The van der Waals surface area contributed by atoms with Crippen molar-refractivity contribution in [2.24, 2.45) is 5.16 Å². The van der Waals surface area contributed by atoms with Crippen LogP contribution in [0.3, 0.4) is 0 Å². The van der Waals surface area contributed by atoms with Gasteiger partial charge < -0.3 is 24.2 Å². The third kappa shape index (κ3) is 8.72. The fraction of sp³-hybridized carbons (Fsp3) is 0.192. The molecule has 0 spiro atoms. The maximum absolute atomic E-state index is 14.1. The van der Waals surface area contributed by atoms with Gasteiger partial charge in [-0.3, -0.25) is 0 Å². The largest absolute Gasteiger partial charge is 1.00 e. The standard InChI is InChI=1S/C26H23FN2O5.Na/c1-32-29-25(21-6-2-18(15-28)3-7-21)17-34-22-10-4-19(5-11-22)16-33-23-12-8-20(24(27)14-23)9-13-26(30)31;/h2-8,10-12,14H,9,13,16-17H2,1H3,(H,30,31);/q;+1/p-1/b29-25-;. The molecule has 0 unspecified atom stereocenters. The second kappa shape index (κ2) is 14.1. The van der Waals surface area contributed by atoms with Crippen molar-refractivity contribution in [1.29, 1.82) is 5.26 Å². The van der Waals surface area contributed by atoms with Gasteiger partial charge >= 0.3 is 29.6 Å². The van der Waals surface area contributed by atoms with Gasteiger partial charge in [0, 0.05) is 17.6 Å². The Morgan fingerprint density at radius 1 is 1.03 bits per heavy atom. The second-order valence-electron chi connectivity index (χ2n) is 7.26. The van der Waals surface area contributed by atoms with E-state index in [1.807, 2.05) is 12.1 Å². The van der Waals surface area contributed by atoms with E-state index in [2.05, 4.69) is 11.2 Å². The van der Waals surface area contributed by atoms with Gasteiger partial charge in [-0.15, -0.1) is 0 Å². The predicted octanol–water partition coefficient (Wildman–Crippen LogP) is 0.392. The number of hydrogen-bond acceptors (Lipinski definition) is 7. The number of hydrogen-bond donors (Lipinski definition) is 0. The third-order valence-corrected chi connectivity index (χ3v) is 4.88. The minimum absolute atomic E-state index is 0. The molecule has 0 heterocycles. The van der Waals surface area contributed by atoms with Crippen molar-refractivity contribution in [1.82, 2.24) is 0 Å². The number of carboxylic acid groups (broad SMARTS) is 1. The number of carbonyl (C=O) groups is 1. The number of carbonyl (C=O) groups excluding carboxylic acids is 1. The Morgan fingerprint density at radius 3 is 2.31 bits per heavy atom. The van der Waals surface area contributed by atoms with Crippen LogP contribution in [0.4, 0.5) is 4.39 Å². The SMILES string of the molecule is CO/N=C(/COc1ccc(COc2ccc(CCC(=O)[O-])c(F)c2)cc1)c1ccc(C#N)cc1.[Na+]. The molecule has 0 aliphatic heterocycles. The molecule has 0 atom stereocenters. The third-order valence-electron chi connectivity index (χ3n) is 4.88. The summed E-state index contributed by atoms with van der Waals surface area (Å²) in [5, 5.41) is 23.5. The molecule has 0 fully saturated rings. The number of halogens is 1. The smallest absolute Gasteiger partial charge is 0.550 e. The molecule has 0 radical (unpaired) electrons. The number of ether oxygens (including phenoxy) is 2.